The Hall–Kier alpha value is -0.820. The largest absolute Gasteiger partial charge is 0.419 e. The summed E-state index contributed by atoms with van der Waals surface area (Å²) in [6.45, 7) is 0.556. The van der Waals surface area contributed by atoms with Gasteiger partial charge in [0.1, 0.15) is 0 Å². The Balaban J connectivity index is 2.71. The van der Waals surface area contributed by atoms with E-state index < -0.39 is 36.7 Å². The highest BCUT2D eigenvalue weighted by Gasteiger charge is 2.57. The molecule has 1 aliphatic rings. The normalized spacial score (nSPS) is 29.3. The van der Waals surface area contributed by atoms with E-state index in [-0.39, 0.29) is 6.54 Å². The van der Waals surface area contributed by atoms with E-state index >= 15 is 0 Å². The molecule has 1 heterocycles. The highest BCUT2D eigenvalue weighted by Crippen LogP contribution is 2.37. The van der Waals surface area contributed by atoms with Crippen molar-refractivity contribution in [1.82, 2.24) is 4.90 Å². The standard InChI is InChI=1S/C8H13F3N2O2/c1-5(12)6(14)13-3-2-7(15,4-13)8(9,10)11/h5,15H,2-4,12H2,1H3/t5-,7+/m0/s1. The van der Waals surface area contributed by atoms with Gasteiger partial charge in [-0.25, -0.2) is 0 Å². The molecule has 0 aromatic heterocycles. The maximum Gasteiger partial charge on any atom is 0.419 e. The third kappa shape index (κ3) is 2.23. The molecule has 0 spiro atoms. The first kappa shape index (κ1) is 12.3. The lowest BCUT2D eigenvalue weighted by molar-refractivity contribution is -0.253. The molecule has 0 aliphatic carbocycles. The molecule has 1 amide bonds. The zero-order valence-electron chi connectivity index (χ0n) is 8.21. The molecule has 2 atom stereocenters. The molecule has 0 aromatic rings. The average molecular weight is 226 g/mol. The molecule has 1 rings (SSSR count). The first-order valence-corrected chi connectivity index (χ1v) is 4.51. The maximum atomic E-state index is 12.4. The molecule has 4 nitrogen and oxygen atoms in total. The molecule has 1 saturated heterocycles. The number of alkyl halides is 3. The average Bonchev–Trinajstić information content (AvgIpc) is 2.46. The fraction of sp³-hybridized carbons (Fsp3) is 0.875. The minimum Gasteiger partial charge on any atom is -0.379 e. The molecule has 0 saturated carbocycles. The number of nitrogens with two attached hydrogens (primary N) is 1. The van der Waals surface area contributed by atoms with Crippen LogP contribution in [0.4, 0.5) is 13.2 Å². The van der Waals surface area contributed by atoms with E-state index in [1.54, 1.807) is 0 Å². The second-order valence-corrected chi connectivity index (χ2v) is 3.83. The van der Waals surface area contributed by atoms with Gasteiger partial charge in [-0.05, 0) is 6.92 Å². The Morgan fingerprint density at radius 2 is 2.13 bits per heavy atom. The third-order valence-electron chi connectivity index (χ3n) is 2.48. The van der Waals surface area contributed by atoms with Crippen molar-refractivity contribution < 1.29 is 23.1 Å². The van der Waals surface area contributed by atoms with E-state index in [0.29, 0.717) is 0 Å². The van der Waals surface area contributed by atoms with Gasteiger partial charge in [0.15, 0.2) is 5.60 Å². The lowest BCUT2D eigenvalue weighted by Gasteiger charge is -2.26. The van der Waals surface area contributed by atoms with Crippen LogP contribution in [0.1, 0.15) is 13.3 Å². The molecule has 0 aromatic carbocycles. The molecule has 15 heavy (non-hydrogen) atoms. The summed E-state index contributed by atoms with van der Waals surface area (Å²) in [4.78, 5) is 12.2. The number of nitrogens with zero attached hydrogens (tertiary/aromatic N) is 1. The summed E-state index contributed by atoms with van der Waals surface area (Å²) < 4.78 is 37.1. The minimum absolute atomic E-state index is 0.115. The van der Waals surface area contributed by atoms with Gasteiger partial charge in [0, 0.05) is 13.0 Å². The lowest BCUT2D eigenvalue weighted by Crippen LogP contribution is -2.49. The van der Waals surface area contributed by atoms with Crippen molar-refractivity contribution in [2.45, 2.75) is 31.2 Å². The summed E-state index contributed by atoms with van der Waals surface area (Å²) in [5.41, 5.74) is 2.48. The number of hydrogen-bond donors (Lipinski definition) is 2. The van der Waals surface area contributed by atoms with Crippen LogP contribution >= 0.6 is 0 Å². The van der Waals surface area contributed by atoms with Gasteiger partial charge in [-0.1, -0.05) is 0 Å². The van der Waals surface area contributed by atoms with Gasteiger partial charge in [0.2, 0.25) is 5.91 Å². The molecule has 0 radical (unpaired) electrons. The number of hydrogen-bond acceptors (Lipinski definition) is 3. The number of amides is 1. The van der Waals surface area contributed by atoms with Crippen LogP contribution in [-0.2, 0) is 4.79 Å². The van der Waals surface area contributed by atoms with Gasteiger partial charge in [-0.2, -0.15) is 13.2 Å². The fourth-order valence-electron chi connectivity index (χ4n) is 1.50. The highest BCUT2D eigenvalue weighted by atomic mass is 19.4. The van der Waals surface area contributed by atoms with Crippen molar-refractivity contribution in [2.24, 2.45) is 5.73 Å². The SMILES string of the molecule is C[C@H](N)C(=O)N1CC[C@](O)(C(F)(F)F)C1. The van der Waals surface area contributed by atoms with Crippen molar-refractivity contribution in [3.05, 3.63) is 0 Å². The Bertz CT molecular complexity index is 267. The monoisotopic (exact) mass is 226 g/mol. The quantitative estimate of drug-likeness (QED) is 0.654. The smallest absolute Gasteiger partial charge is 0.379 e. The second kappa shape index (κ2) is 3.64. The van der Waals surface area contributed by atoms with Crippen LogP contribution in [0.3, 0.4) is 0 Å². The van der Waals surface area contributed by atoms with Gasteiger partial charge in [0.05, 0.1) is 12.6 Å². The van der Waals surface area contributed by atoms with E-state index in [4.69, 9.17) is 5.73 Å². The predicted octanol–water partition coefficient (Wildman–Crippen LogP) is -0.141. The highest BCUT2D eigenvalue weighted by molar-refractivity contribution is 5.81. The summed E-state index contributed by atoms with van der Waals surface area (Å²) in [6, 6.07) is -0.847. The molecule has 88 valence electrons. The van der Waals surface area contributed by atoms with E-state index in [1.165, 1.54) is 6.92 Å². The van der Waals surface area contributed by atoms with Crippen LogP contribution in [0, 0.1) is 0 Å². The minimum atomic E-state index is -4.71. The van der Waals surface area contributed by atoms with Gasteiger partial charge in [-0.15, -0.1) is 0 Å². The third-order valence-corrected chi connectivity index (χ3v) is 2.48. The van der Waals surface area contributed by atoms with Gasteiger partial charge in [0.25, 0.3) is 0 Å². The van der Waals surface area contributed by atoms with Gasteiger partial charge in [-0.3, -0.25) is 4.79 Å². The number of carbonyl (C=O) groups is 1. The van der Waals surface area contributed by atoms with Crippen LogP contribution in [0.2, 0.25) is 0 Å². The first-order valence-electron chi connectivity index (χ1n) is 4.51. The molecule has 1 aliphatic heterocycles. The second-order valence-electron chi connectivity index (χ2n) is 3.83. The molecule has 3 N–H and O–H groups in total. The van der Waals surface area contributed by atoms with Crippen LogP contribution < -0.4 is 5.73 Å². The van der Waals surface area contributed by atoms with Crippen molar-refractivity contribution in [3.63, 3.8) is 0 Å². The zero-order valence-corrected chi connectivity index (χ0v) is 8.21. The van der Waals surface area contributed by atoms with Crippen LogP contribution in [0.5, 0.6) is 0 Å². The lowest BCUT2D eigenvalue weighted by atomic mass is 10.0. The van der Waals surface area contributed by atoms with E-state index in [9.17, 15) is 23.1 Å². The number of likely N-dealkylation sites (tertiary alicyclic amines) is 1. The summed E-state index contributed by atoms with van der Waals surface area (Å²) in [5, 5.41) is 9.27. The maximum absolute atomic E-state index is 12.4. The van der Waals surface area contributed by atoms with E-state index in [0.717, 1.165) is 4.90 Å². The molecule has 7 heteroatoms. The Kier molecular flexibility index (Phi) is 2.97. The van der Waals surface area contributed by atoms with Crippen molar-refractivity contribution >= 4 is 5.91 Å². The molecule has 0 bridgehead atoms. The molecule has 0 unspecified atom stereocenters. The number of aliphatic hydroxyl groups is 1. The van der Waals surface area contributed by atoms with Crippen molar-refractivity contribution in [3.8, 4) is 0 Å². The first-order chi connectivity index (χ1) is 6.67. The van der Waals surface area contributed by atoms with Crippen molar-refractivity contribution in [2.75, 3.05) is 13.1 Å². The Morgan fingerprint density at radius 3 is 2.47 bits per heavy atom. The number of carbonyl (C=O) groups excluding carboxylic acids is 1. The topological polar surface area (TPSA) is 66.6 Å². The fourth-order valence-corrected chi connectivity index (χ4v) is 1.50. The zero-order chi connectivity index (χ0) is 11.9. The molecular formula is C8H13F3N2O2. The van der Waals surface area contributed by atoms with E-state index in [2.05, 4.69) is 0 Å². The number of rotatable bonds is 1. The molecular weight excluding hydrogens is 213 g/mol. The Labute approximate surface area is 84.8 Å². The van der Waals surface area contributed by atoms with Gasteiger partial charge < -0.3 is 15.7 Å². The van der Waals surface area contributed by atoms with Crippen LogP contribution in [0.15, 0.2) is 0 Å². The van der Waals surface area contributed by atoms with E-state index in [1.807, 2.05) is 0 Å². The number of β-amino-alcohol motifs (C(OH)–C–C–N with tert-alkyl or cyclic N) is 1. The number of halogens is 3. The van der Waals surface area contributed by atoms with Crippen LogP contribution in [-0.4, -0.2) is 46.8 Å². The van der Waals surface area contributed by atoms with Crippen molar-refractivity contribution in [1.29, 1.82) is 0 Å². The molecule has 1 fully saturated rings. The summed E-state index contributed by atoms with van der Waals surface area (Å²) in [5.74, 6) is -0.574. The summed E-state index contributed by atoms with van der Waals surface area (Å²) in [6.07, 6.45) is -5.20. The summed E-state index contributed by atoms with van der Waals surface area (Å²) >= 11 is 0. The predicted molar refractivity (Wildman–Crippen MR) is 45.9 cm³/mol. The summed E-state index contributed by atoms with van der Waals surface area (Å²) in [7, 11) is 0. The van der Waals surface area contributed by atoms with Gasteiger partial charge >= 0.3 is 6.18 Å². The Morgan fingerprint density at radius 1 is 1.60 bits per heavy atom. The van der Waals surface area contributed by atoms with Crippen LogP contribution in [0.25, 0.3) is 0 Å².